The number of carboxylic acids is 1. The molecule has 0 heterocycles. The van der Waals surface area contributed by atoms with E-state index in [4.69, 9.17) is 21.7 Å². The van der Waals surface area contributed by atoms with Gasteiger partial charge in [0.25, 0.3) is 0 Å². The van der Waals surface area contributed by atoms with Crippen molar-refractivity contribution in [2.24, 2.45) is 11.5 Å². The molecule has 2 unspecified atom stereocenters. The first-order valence-electron chi connectivity index (χ1n) is 5.09. The van der Waals surface area contributed by atoms with Crippen LogP contribution in [0.25, 0.3) is 0 Å². The van der Waals surface area contributed by atoms with Crippen LogP contribution in [0.15, 0.2) is 0 Å². The van der Waals surface area contributed by atoms with Crippen LogP contribution in [0.3, 0.4) is 0 Å². The maximum Gasteiger partial charge on any atom is 0.374 e. The van der Waals surface area contributed by atoms with Gasteiger partial charge in [0.1, 0.15) is 12.1 Å². The first-order valence-corrected chi connectivity index (χ1v) is 5.09. The van der Waals surface area contributed by atoms with E-state index >= 15 is 0 Å². The molecule has 0 amide bonds. The van der Waals surface area contributed by atoms with Crippen LogP contribution >= 0.6 is 0 Å². The number of hydrogen-bond donors (Lipinski definition) is 4. The minimum Gasteiger partial charge on any atom is -0.481 e. The Bertz CT molecular complexity index is 318. The van der Waals surface area contributed by atoms with Crippen molar-refractivity contribution in [2.75, 3.05) is 0 Å². The maximum atomic E-state index is 11.1. The average molecular weight is 264 g/mol. The lowest BCUT2D eigenvalue weighted by Crippen LogP contribution is -2.42. The quantitative estimate of drug-likeness (QED) is 0.310. The van der Waals surface area contributed by atoms with Gasteiger partial charge >= 0.3 is 17.9 Å². The SMILES string of the molecule is CC(O)C(N)C(=O)OOC(=O)[C@H](N)CCC(=O)O. The van der Waals surface area contributed by atoms with Gasteiger partial charge in [0.2, 0.25) is 0 Å². The van der Waals surface area contributed by atoms with E-state index in [0.29, 0.717) is 0 Å². The van der Waals surface area contributed by atoms with Crippen molar-refractivity contribution in [2.45, 2.75) is 38.0 Å². The molecular weight excluding hydrogens is 248 g/mol. The second-order valence-corrected chi connectivity index (χ2v) is 3.61. The summed E-state index contributed by atoms with van der Waals surface area (Å²) in [5, 5.41) is 17.3. The van der Waals surface area contributed by atoms with Gasteiger partial charge in [-0.2, -0.15) is 0 Å². The molecule has 0 bridgehead atoms. The number of nitrogens with two attached hydrogens (primary N) is 2. The Kier molecular flexibility index (Phi) is 6.86. The predicted octanol–water partition coefficient (Wildman–Crippen LogP) is -2.11. The van der Waals surface area contributed by atoms with Crippen molar-refractivity contribution in [3.05, 3.63) is 0 Å². The fourth-order valence-corrected chi connectivity index (χ4v) is 0.793. The molecule has 0 aliphatic rings. The molecule has 0 aliphatic heterocycles. The zero-order chi connectivity index (χ0) is 14.3. The molecule has 0 fully saturated rings. The van der Waals surface area contributed by atoms with E-state index in [1.807, 2.05) is 0 Å². The molecular formula is C9H16N2O7. The van der Waals surface area contributed by atoms with Crippen LogP contribution in [0.4, 0.5) is 0 Å². The lowest BCUT2D eigenvalue weighted by molar-refractivity contribution is -0.262. The van der Waals surface area contributed by atoms with Crippen molar-refractivity contribution in [1.29, 1.82) is 0 Å². The van der Waals surface area contributed by atoms with Gasteiger partial charge in [-0.15, -0.1) is 0 Å². The molecule has 0 saturated carbocycles. The lowest BCUT2D eigenvalue weighted by Gasteiger charge is -2.13. The number of rotatable bonds is 6. The van der Waals surface area contributed by atoms with E-state index in [0.717, 1.165) is 0 Å². The zero-order valence-electron chi connectivity index (χ0n) is 9.74. The molecule has 0 aromatic rings. The van der Waals surface area contributed by atoms with Crippen molar-refractivity contribution in [3.8, 4) is 0 Å². The molecule has 0 aliphatic carbocycles. The molecule has 0 aromatic heterocycles. The van der Waals surface area contributed by atoms with Gasteiger partial charge in [-0.25, -0.2) is 19.4 Å². The smallest absolute Gasteiger partial charge is 0.374 e. The monoisotopic (exact) mass is 264 g/mol. The third kappa shape index (κ3) is 6.13. The van der Waals surface area contributed by atoms with Crippen LogP contribution < -0.4 is 11.5 Å². The Labute approximate surface area is 103 Å². The zero-order valence-corrected chi connectivity index (χ0v) is 9.74. The van der Waals surface area contributed by atoms with Gasteiger partial charge in [0, 0.05) is 6.42 Å². The highest BCUT2D eigenvalue weighted by molar-refractivity contribution is 5.79. The largest absolute Gasteiger partial charge is 0.481 e. The van der Waals surface area contributed by atoms with Crippen LogP contribution in [-0.4, -0.2) is 46.3 Å². The van der Waals surface area contributed by atoms with Crippen molar-refractivity contribution in [3.63, 3.8) is 0 Å². The van der Waals surface area contributed by atoms with E-state index in [-0.39, 0.29) is 12.8 Å². The molecule has 0 saturated heterocycles. The van der Waals surface area contributed by atoms with Crippen LogP contribution in [-0.2, 0) is 24.2 Å². The summed E-state index contributed by atoms with van der Waals surface area (Å²) in [6, 6.07) is -2.58. The van der Waals surface area contributed by atoms with Gasteiger partial charge in [-0.05, 0) is 13.3 Å². The van der Waals surface area contributed by atoms with Crippen LogP contribution in [0.2, 0.25) is 0 Å². The van der Waals surface area contributed by atoms with E-state index in [9.17, 15) is 14.4 Å². The Morgan fingerprint density at radius 3 is 2.11 bits per heavy atom. The Morgan fingerprint density at radius 1 is 1.17 bits per heavy atom. The molecule has 6 N–H and O–H groups in total. The molecule has 0 spiro atoms. The summed E-state index contributed by atoms with van der Waals surface area (Å²) in [6.07, 6.45) is -1.65. The Morgan fingerprint density at radius 2 is 1.67 bits per heavy atom. The predicted molar refractivity (Wildman–Crippen MR) is 56.7 cm³/mol. The fourth-order valence-electron chi connectivity index (χ4n) is 0.793. The summed E-state index contributed by atoms with van der Waals surface area (Å²) in [6.45, 7) is 1.26. The lowest BCUT2D eigenvalue weighted by atomic mass is 10.2. The summed E-state index contributed by atoms with van der Waals surface area (Å²) in [4.78, 5) is 40.5. The third-order valence-electron chi connectivity index (χ3n) is 1.97. The van der Waals surface area contributed by atoms with Crippen molar-refractivity contribution < 1.29 is 34.4 Å². The van der Waals surface area contributed by atoms with E-state index in [1.54, 1.807) is 0 Å². The highest BCUT2D eigenvalue weighted by Crippen LogP contribution is 1.99. The minimum atomic E-state index is -1.35. The normalized spacial score (nSPS) is 15.3. The summed E-state index contributed by atoms with van der Waals surface area (Å²) in [5.74, 6) is -3.35. The van der Waals surface area contributed by atoms with Crippen LogP contribution in [0.1, 0.15) is 19.8 Å². The summed E-state index contributed by atoms with van der Waals surface area (Å²) in [5.41, 5.74) is 10.5. The number of aliphatic hydroxyl groups is 1. The van der Waals surface area contributed by atoms with Crippen molar-refractivity contribution >= 4 is 17.9 Å². The average Bonchev–Trinajstić information content (AvgIpc) is 2.30. The molecule has 104 valence electrons. The number of aliphatic carboxylic acids is 1. The van der Waals surface area contributed by atoms with Gasteiger partial charge < -0.3 is 21.7 Å². The molecule has 0 rings (SSSR count). The summed E-state index contributed by atoms with van der Waals surface area (Å²) >= 11 is 0. The highest BCUT2D eigenvalue weighted by atomic mass is 17.2. The standard InChI is InChI=1S/C9H16N2O7/c1-4(12)7(11)9(16)18-17-8(15)5(10)2-3-6(13)14/h4-5,7,12H,2-3,10-11H2,1H3,(H,13,14)/t4?,5-,7?/m1/s1. The number of aliphatic hydroxyl groups excluding tert-OH is 1. The Hall–Kier alpha value is -1.71. The van der Waals surface area contributed by atoms with Gasteiger partial charge in [-0.3, -0.25) is 4.79 Å². The molecule has 9 nitrogen and oxygen atoms in total. The van der Waals surface area contributed by atoms with Crippen LogP contribution in [0, 0.1) is 0 Å². The number of carbonyl (C=O) groups excluding carboxylic acids is 2. The molecule has 9 heteroatoms. The first-order chi connectivity index (χ1) is 8.25. The Balaban J connectivity index is 4.02. The highest BCUT2D eigenvalue weighted by Gasteiger charge is 2.25. The van der Waals surface area contributed by atoms with E-state index in [2.05, 4.69) is 9.78 Å². The minimum absolute atomic E-state index is 0.159. The van der Waals surface area contributed by atoms with Crippen molar-refractivity contribution in [1.82, 2.24) is 0 Å². The van der Waals surface area contributed by atoms with Gasteiger partial charge in [-0.1, -0.05) is 0 Å². The van der Waals surface area contributed by atoms with Gasteiger partial charge in [0.05, 0.1) is 6.10 Å². The molecule has 3 atom stereocenters. The number of hydrogen-bond acceptors (Lipinski definition) is 8. The molecule has 0 radical (unpaired) electrons. The van der Waals surface area contributed by atoms with E-state index in [1.165, 1.54) is 6.92 Å². The second kappa shape index (κ2) is 7.58. The molecule has 0 aromatic carbocycles. The number of carboxylic acid groups (broad SMARTS) is 1. The second-order valence-electron chi connectivity index (χ2n) is 3.61. The maximum absolute atomic E-state index is 11.1. The third-order valence-corrected chi connectivity index (χ3v) is 1.97. The first kappa shape index (κ1) is 16.3. The fraction of sp³-hybridized carbons (Fsp3) is 0.667. The summed E-state index contributed by atoms with van der Waals surface area (Å²) < 4.78 is 0. The van der Waals surface area contributed by atoms with E-state index < -0.39 is 36.1 Å². The van der Waals surface area contributed by atoms with Crippen LogP contribution in [0.5, 0.6) is 0 Å². The molecule has 18 heavy (non-hydrogen) atoms. The number of carbonyl (C=O) groups is 3. The topological polar surface area (TPSA) is 162 Å². The van der Waals surface area contributed by atoms with Gasteiger partial charge in [0.15, 0.2) is 0 Å². The summed E-state index contributed by atoms with van der Waals surface area (Å²) in [7, 11) is 0.